The Bertz CT molecular complexity index is 3260. The van der Waals surface area contributed by atoms with Gasteiger partial charge in [-0.1, -0.05) is 188 Å². The first-order valence-electron chi connectivity index (χ1n) is 27.9. The summed E-state index contributed by atoms with van der Waals surface area (Å²) in [6, 6.07) is 78.8. The molecule has 2 aliphatic carbocycles. The molecule has 0 heterocycles. The second kappa shape index (κ2) is 20.8. The van der Waals surface area contributed by atoms with Crippen LogP contribution in [0.15, 0.2) is 206 Å². The Labute approximate surface area is 440 Å². The molecule has 2 fully saturated rings. The normalized spacial score (nSPS) is 14.6. The highest BCUT2D eigenvalue weighted by molar-refractivity contribution is 6.26. The van der Waals surface area contributed by atoms with Crippen molar-refractivity contribution in [3.8, 4) is 22.3 Å². The van der Waals surface area contributed by atoms with Gasteiger partial charge in [0.25, 0.3) is 0 Å². The van der Waals surface area contributed by atoms with Gasteiger partial charge in [0.05, 0.1) is 0 Å². The summed E-state index contributed by atoms with van der Waals surface area (Å²) in [6.07, 6.45) is 13.4. The predicted octanol–water partition coefficient (Wildman–Crippen LogP) is 21.8. The highest BCUT2D eigenvalue weighted by Gasteiger charge is 2.21. The van der Waals surface area contributed by atoms with Gasteiger partial charge in [-0.25, -0.2) is 0 Å². The van der Waals surface area contributed by atoms with Crippen LogP contribution in [0, 0.1) is 0 Å². The molecule has 10 aromatic carbocycles. The Kier molecular flexibility index (Phi) is 13.4. The molecule has 0 atom stereocenters. The second-order valence-corrected chi connectivity index (χ2v) is 22.2. The van der Waals surface area contributed by atoms with E-state index >= 15 is 0 Å². The van der Waals surface area contributed by atoms with Crippen molar-refractivity contribution in [2.45, 2.75) is 116 Å². The predicted molar refractivity (Wildman–Crippen MR) is 319 cm³/mol. The third-order valence-corrected chi connectivity index (χ3v) is 16.8. The Morgan fingerprint density at radius 1 is 0.284 bits per heavy atom. The van der Waals surface area contributed by atoms with Crippen molar-refractivity contribution in [2.75, 3.05) is 9.80 Å². The lowest BCUT2D eigenvalue weighted by molar-refractivity contribution is 0.443. The third-order valence-electron chi connectivity index (χ3n) is 16.8. The molecule has 0 amide bonds. The summed E-state index contributed by atoms with van der Waals surface area (Å²) >= 11 is 0. The van der Waals surface area contributed by atoms with Gasteiger partial charge in [-0.2, -0.15) is 0 Å². The van der Waals surface area contributed by atoms with Crippen LogP contribution in [-0.4, -0.2) is 0 Å². The van der Waals surface area contributed by atoms with Crippen LogP contribution < -0.4 is 9.80 Å². The molecule has 2 aliphatic rings. The molecule has 2 heteroatoms. The SMILES string of the molecule is CC(C)c1ccc(N(c2ccc(-c3ccc4c5ccc(-c6ccc(N(c7ccc(C(C)C)cc7)c7ccc(C8CCCCC8)cc7)cc6)cc5c5ccccc5c4c3)cc2)c2ccc(C3CCCCC3)cc2)cc1. The van der Waals surface area contributed by atoms with Gasteiger partial charge in [0.2, 0.25) is 0 Å². The number of hydrogen-bond donors (Lipinski definition) is 0. The highest BCUT2D eigenvalue weighted by atomic mass is 15.1. The average Bonchev–Trinajstić information content (AvgIpc) is 3.47. The molecule has 10 aromatic rings. The van der Waals surface area contributed by atoms with Gasteiger partial charge >= 0.3 is 0 Å². The zero-order chi connectivity index (χ0) is 50.1. The molecular weight excluding hydrogens is 893 g/mol. The van der Waals surface area contributed by atoms with Crippen molar-refractivity contribution in [2.24, 2.45) is 0 Å². The van der Waals surface area contributed by atoms with Crippen LogP contribution in [0.1, 0.15) is 138 Å². The van der Waals surface area contributed by atoms with Crippen molar-refractivity contribution >= 4 is 66.4 Å². The van der Waals surface area contributed by atoms with E-state index < -0.39 is 0 Å². The summed E-state index contributed by atoms with van der Waals surface area (Å²) in [5.41, 5.74) is 17.6. The maximum atomic E-state index is 2.42. The van der Waals surface area contributed by atoms with Crippen LogP contribution in [-0.2, 0) is 0 Å². The van der Waals surface area contributed by atoms with Gasteiger partial charge < -0.3 is 9.80 Å². The van der Waals surface area contributed by atoms with Crippen LogP contribution in [0.4, 0.5) is 34.1 Å². The van der Waals surface area contributed by atoms with Gasteiger partial charge in [-0.3, -0.25) is 0 Å². The zero-order valence-corrected chi connectivity index (χ0v) is 43.9. The number of nitrogens with zero attached hydrogens (tertiary/aromatic N) is 2. The van der Waals surface area contributed by atoms with Crippen molar-refractivity contribution in [3.05, 3.63) is 229 Å². The first-order chi connectivity index (χ1) is 36.3. The minimum atomic E-state index is 0.487. The molecule has 0 aliphatic heterocycles. The average molecular weight is 963 g/mol. The van der Waals surface area contributed by atoms with E-state index in [1.807, 2.05) is 0 Å². The minimum absolute atomic E-state index is 0.487. The molecule has 0 N–H and O–H groups in total. The number of anilines is 6. The van der Waals surface area contributed by atoms with E-state index in [2.05, 4.69) is 244 Å². The second-order valence-electron chi connectivity index (χ2n) is 22.2. The Hall–Kier alpha value is -7.42. The summed E-state index contributed by atoms with van der Waals surface area (Å²) in [4.78, 5) is 4.83. The first kappa shape index (κ1) is 47.6. The standard InChI is InChI=1S/C72H70N2/c1-49(2)51-19-33-61(34-20-51)73(63-37-23-55(24-38-63)53-13-7-5-8-14-53)65-41-27-57(28-42-65)59-31-45-69-70-46-32-60(48-72(70)68-18-12-11-17-67(68)71(69)47-59)58-29-43-66(44-30-58)74(62-35-21-52(22-36-62)50(3)4)64-39-25-56(26-40-64)54-15-9-6-10-16-54/h11-12,17-50,53-54H,5-10,13-16H2,1-4H3. The maximum absolute atomic E-state index is 2.42. The molecule has 368 valence electrons. The topological polar surface area (TPSA) is 6.48 Å². The van der Waals surface area contributed by atoms with E-state index in [1.165, 1.54) is 164 Å². The molecule has 0 radical (unpaired) electrons. The molecule has 74 heavy (non-hydrogen) atoms. The van der Waals surface area contributed by atoms with Crippen molar-refractivity contribution in [1.29, 1.82) is 0 Å². The van der Waals surface area contributed by atoms with Crippen molar-refractivity contribution < 1.29 is 0 Å². The fourth-order valence-corrected chi connectivity index (χ4v) is 12.5. The van der Waals surface area contributed by atoms with Gasteiger partial charge in [-0.05, 0) is 211 Å². The largest absolute Gasteiger partial charge is 0.311 e. The monoisotopic (exact) mass is 963 g/mol. The first-order valence-corrected chi connectivity index (χ1v) is 27.9. The quantitative estimate of drug-likeness (QED) is 0.113. The molecule has 2 saturated carbocycles. The molecule has 2 nitrogen and oxygen atoms in total. The van der Waals surface area contributed by atoms with E-state index in [9.17, 15) is 0 Å². The summed E-state index contributed by atoms with van der Waals surface area (Å²) < 4.78 is 0. The lowest BCUT2D eigenvalue weighted by atomic mass is 9.84. The van der Waals surface area contributed by atoms with Crippen molar-refractivity contribution in [1.82, 2.24) is 0 Å². The number of benzene rings is 10. The highest BCUT2D eigenvalue weighted by Crippen LogP contribution is 2.43. The number of fused-ring (bicyclic) bond motifs is 6. The van der Waals surface area contributed by atoms with Crippen LogP contribution in [0.25, 0.3) is 54.6 Å². The zero-order valence-electron chi connectivity index (χ0n) is 43.9. The summed E-state index contributed by atoms with van der Waals surface area (Å²) in [5.74, 6) is 2.34. The molecule has 0 saturated heterocycles. The maximum Gasteiger partial charge on any atom is 0.0462 e. The molecule has 0 aromatic heterocycles. The Morgan fingerprint density at radius 2 is 0.568 bits per heavy atom. The van der Waals surface area contributed by atoms with Gasteiger partial charge in [0, 0.05) is 34.1 Å². The van der Waals surface area contributed by atoms with E-state index in [0.29, 0.717) is 23.7 Å². The number of rotatable bonds is 12. The van der Waals surface area contributed by atoms with E-state index in [0.717, 1.165) is 11.4 Å². The third kappa shape index (κ3) is 9.52. The van der Waals surface area contributed by atoms with Crippen LogP contribution in [0.5, 0.6) is 0 Å². The summed E-state index contributed by atoms with van der Waals surface area (Å²) in [7, 11) is 0. The summed E-state index contributed by atoms with van der Waals surface area (Å²) in [6.45, 7) is 9.06. The van der Waals surface area contributed by atoms with E-state index in [-0.39, 0.29) is 0 Å². The number of hydrogen-bond acceptors (Lipinski definition) is 2. The molecular formula is C72H70N2. The fourth-order valence-electron chi connectivity index (χ4n) is 12.5. The molecule has 0 spiro atoms. The Balaban J connectivity index is 0.853. The Morgan fingerprint density at radius 3 is 0.892 bits per heavy atom. The molecule has 0 unspecified atom stereocenters. The van der Waals surface area contributed by atoms with E-state index in [4.69, 9.17) is 0 Å². The summed E-state index contributed by atoms with van der Waals surface area (Å²) in [5, 5.41) is 7.68. The van der Waals surface area contributed by atoms with Crippen LogP contribution in [0.2, 0.25) is 0 Å². The lowest BCUT2D eigenvalue weighted by Gasteiger charge is -2.27. The fraction of sp³-hybridized carbons (Fsp3) is 0.250. The van der Waals surface area contributed by atoms with Crippen molar-refractivity contribution in [3.63, 3.8) is 0 Å². The minimum Gasteiger partial charge on any atom is -0.311 e. The van der Waals surface area contributed by atoms with Gasteiger partial charge in [0.1, 0.15) is 0 Å². The van der Waals surface area contributed by atoms with Crippen LogP contribution >= 0.6 is 0 Å². The van der Waals surface area contributed by atoms with E-state index in [1.54, 1.807) is 0 Å². The molecule has 12 rings (SSSR count). The molecule has 0 bridgehead atoms. The van der Waals surface area contributed by atoms with Gasteiger partial charge in [-0.15, -0.1) is 0 Å². The smallest absolute Gasteiger partial charge is 0.0462 e. The van der Waals surface area contributed by atoms with Crippen LogP contribution in [0.3, 0.4) is 0 Å². The lowest BCUT2D eigenvalue weighted by Crippen LogP contribution is -2.11. The van der Waals surface area contributed by atoms with Gasteiger partial charge in [0.15, 0.2) is 0 Å².